The number of pyridine rings is 1. The summed E-state index contributed by atoms with van der Waals surface area (Å²) in [6, 6.07) is 5.38. The lowest BCUT2D eigenvalue weighted by atomic mass is 10.2. The summed E-state index contributed by atoms with van der Waals surface area (Å²) >= 11 is 0. The van der Waals surface area contributed by atoms with Gasteiger partial charge in [-0.2, -0.15) is 0 Å². The third-order valence-corrected chi connectivity index (χ3v) is 2.17. The van der Waals surface area contributed by atoms with Crippen LogP contribution in [0.1, 0.15) is 29.5 Å². The molecule has 3 N–H and O–H groups in total. The van der Waals surface area contributed by atoms with E-state index in [1.54, 1.807) is 6.07 Å². The molecule has 0 fully saturated rings. The summed E-state index contributed by atoms with van der Waals surface area (Å²) in [5, 5.41) is 2.75. The number of nitrogens with two attached hydrogens (primary N) is 1. The molecule has 0 saturated heterocycles. The first-order valence-electron chi connectivity index (χ1n) is 5.11. The lowest BCUT2D eigenvalue weighted by Gasteiger charge is -2.09. The molecule has 1 heterocycles. The zero-order valence-corrected chi connectivity index (χ0v) is 9.16. The maximum atomic E-state index is 11.6. The minimum Gasteiger partial charge on any atom is -0.349 e. The summed E-state index contributed by atoms with van der Waals surface area (Å²) < 4.78 is 0. The number of amides is 1. The second-order valence-corrected chi connectivity index (χ2v) is 3.54. The molecule has 1 aromatic heterocycles. The van der Waals surface area contributed by atoms with Crippen molar-refractivity contribution in [1.82, 2.24) is 10.3 Å². The van der Waals surface area contributed by atoms with Crippen molar-refractivity contribution in [3.8, 4) is 0 Å². The molecule has 0 aliphatic carbocycles. The molecule has 1 rings (SSSR count). The first-order valence-corrected chi connectivity index (χ1v) is 5.11. The topological polar surface area (TPSA) is 68.0 Å². The van der Waals surface area contributed by atoms with Crippen molar-refractivity contribution in [3.63, 3.8) is 0 Å². The van der Waals surface area contributed by atoms with Crippen LogP contribution in [0.3, 0.4) is 0 Å². The van der Waals surface area contributed by atoms with Crippen LogP contribution < -0.4 is 11.1 Å². The van der Waals surface area contributed by atoms with Gasteiger partial charge in [0.1, 0.15) is 5.69 Å². The van der Waals surface area contributed by atoms with Gasteiger partial charge in [-0.05, 0) is 25.5 Å². The highest BCUT2D eigenvalue weighted by Crippen LogP contribution is 1.97. The van der Waals surface area contributed by atoms with E-state index in [9.17, 15) is 4.79 Å². The Morgan fingerprint density at radius 2 is 2.33 bits per heavy atom. The van der Waals surface area contributed by atoms with E-state index >= 15 is 0 Å². The molecular weight excluding hydrogens is 190 g/mol. The molecule has 1 unspecified atom stereocenters. The molecule has 0 bridgehead atoms. The van der Waals surface area contributed by atoms with E-state index in [4.69, 9.17) is 5.73 Å². The Hall–Kier alpha value is -1.42. The Labute approximate surface area is 89.9 Å². The Morgan fingerprint density at radius 3 is 2.93 bits per heavy atom. The lowest BCUT2D eigenvalue weighted by Crippen LogP contribution is -2.37. The van der Waals surface area contributed by atoms with Crippen LogP contribution >= 0.6 is 0 Å². The maximum Gasteiger partial charge on any atom is 0.269 e. The molecule has 4 nitrogen and oxygen atoms in total. The smallest absolute Gasteiger partial charge is 0.269 e. The molecule has 0 aliphatic rings. The van der Waals surface area contributed by atoms with Crippen molar-refractivity contribution < 1.29 is 4.79 Å². The van der Waals surface area contributed by atoms with Crippen LogP contribution in [-0.4, -0.2) is 23.5 Å². The molecule has 1 amide bonds. The largest absolute Gasteiger partial charge is 0.349 e. The normalized spacial score (nSPS) is 12.2. The average Bonchev–Trinajstić information content (AvgIpc) is 2.25. The van der Waals surface area contributed by atoms with Gasteiger partial charge in [-0.15, -0.1) is 0 Å². The minimum absolute atomic E-state index is 0.0127. The summed E-state index contributed by atoms with van der Waals surface area (Å²) in [7, 11) is 0. The van der Waals surface area contributed by atoms with Gasteiger partial charge in [0, 0.05) is 18.3 Å². The molecule has 0 spiro atoms. The van der Waals surface area contributed by atoms with E-state index in [0.29, 0.717) is 12.2 Å². The first-order chi connectivity index (χ1) is 7.13. The number of nitrogens with one attached hydrogen (secondary N) is 1. The summed E-state index contributed by atoms with van der Waals surface area (Å²) in [6.07, 6.45) is 0.849. The Balaban J connectivity index is 2.54. The van der Waals surface area contributed by atoms with Crippen LogP contribution in [0.15, 0.2) is 18.2 Å². The van der Waals surface area contributed by atoms with Crippen LogP contribution in [0.2, 0.25) is 0 Å². The number of hydrogen-bond donors (Lipinski definition) is 2. The molecule has 1 aromatic rings. The summed E-state index contributed by atoms with van der Waals surface area (Å²) in [5.41, 5.74) is 6.97. The van der Waals surface area contributed by atoms with Gasteiger partial charge in [-0.3, -0.25) is 4.79 Å². The SMILES string of the molecule is CCC(N)CNC(=O)c1cccc(C)n1. The van der Waals surface area contributed by atoms with E-state index < -0.39 is 0 Å². The summed E-state index contributed by atoms with van der Waals surface area (Å²) in [4.78, 5) is 15.7. The fourth-order valence-corrected chi connectivity index (χ4v) is 1.13. The molecule has 0 aromatic carbocycles. The van der Waals surface area contributed by atoms with Crippen molar-refractivity contribution in [2.24, 2.45) is 5.73 Å². The molecule has 0 aliphatic heterocycles. The van der Waals surface area contributed by atoms with Crippen LogP contribution in [0, 0.1) is 6.92 Å². The van der Waals surface area contributed by atoms with Gasteiger partial charge in [0.25, 0.3) is 5.91 Å². The molecule has 82 valence electrons. The predicted octanol–water partition coefficient (Wildman–Crippen LogP) is 0.857. The molecule has 0 radical (unpaired) electrons. The average molecular weight is 207 g/mol. The van der Waals surface area contributed by atoms with E-state index in [-0.39, 0.29) is 11.9 Å². The van der Waals surface area contributed by atoms with Gasteiger partial charge in [0.2, 0.25) is 0 Å². The zero-order valence-electron chi connectivity index (χ0n) is 9.16. The van der Waals surface area contributed by atoms with Gasteiger partial charge in [-0.1, -0.05) is 13.0 Å². The number of aromatic nitrogens is 1. The lowest BCUT2D eigenvalue weighted by molar-refractivity contribution is 0.0946. The van der Waals surface area contributed by atoms with Crippen LogP contribution in [0.5, 0.6) is 0 Å². The third-order valence-electron chi connectivity index (χ3n) is 2.17. The summed E-state index contributed by atoms with van der Waals surface area (Å²) in [5.74, 6) is -0.164. The van der Waals surface area contributed by atoms with Crippen molar-refractivity contribution in [1.29, 1.82) is 0 Å². The predicted molar refractivity (Wildman–Crippen MR) is 59.6 cm³/mol. The standard InChI is InChI=1S/C11H17N3O/c1-3-9(12)7-13-11(15)10-6-4-5-8(2)14-10/h4-6,9H,3,7,12H2,1-2H3,(H,13,15). The Bertz CT molecular complexity index is 338. The van der Waals surface area contributed by atoms with Gasteiger partial charge < -0.3 is 11.1 Å². The van der Waals surface area contributed by atoms with Crippen LogP contribution in [0.25, 0.3) is 0 Å². The second kappa shape index (κ2) is 5.46. The van der Waals surface area contributed by atoms with Crippen molar-refractivity contribution in [2.75, 3.05) is 6.54 Å². The minimum atomic E-state index is -0.164. The fraction of sp³-hybridized carbons (Fsp3) is 0.455. The van der Waals surface area contributed by atoms with Crippen LogP contribution in [-0.2, 0) is 0 Å². The highest BCUT2D eigenvalue weighted by Gasteiger charge is 2.07. The summed E-state index contributed by atoms with van der Waals surface area (Å²) in [6.45, 7) is 4.33. The maximum absolute atomic E-state index is 11.6. The molecule has 4 heteroatoms. The zero-order chi connectivity index (χ0) is 11.3. The molecular formula is C11H17N3O. The second-order valence-electron chi connectivity index (χ2n) is 3.54. The first kappa shape index (κ1) is 11.7. The number of aryl methyl sites for hydroxylation is 1. The van der Waals surface area contributed by atoms with E-state index in [1.165, 1.54) is 0 Å². The number of carbonyl (C=O) groups is 1. The van der Waals surface area contributed by atoms with Gasteiger partial charge >= 0.3 is 0 Å². The number of carbonyl (C=O) groups excluding carboxylic acids is 1. The number of hydrogen-bond acceptors (Lipinski definition) is 3. The van der Waals surface area contributed by atoms with E-state index in [0.717, 1.165) is 12.1 Å². The molecule has 15 heavy (non-hydrogen) atoms. The van der Waals surface area contributed by atoms with E-state index in [1.807, 2.05) is 26.0 Å². The van der Waals surface area contributed by atoms with Crippen molar-refractivity contribution >= 4 is 5.91 Å². The number of nitrogens with zero attached hydrogens (tertiary/aromatic N) is 1. The highest BCUT2D eigenvalue weighted by molar-refractivity contribution is 5.92. The monoisotopic (exact) mass is 207 g/mol. The molecule has 0 saturated carbocycles. The Kier molecular flexibility index (Phi) is 4.24. The van der Waals surface area contributed by atoms with Crippen LogP contribution in [0.4, 0.5) is 0 Å². The van der Waals surface area contributed by atoms with Gasteiger partial charge in [0.15, 0.2) is 0 Å². The van der Waals surface area contributed by atoms with Crippen molar-refractivity contribution in [2.45, 2.75) is 26.3 Å². The van der Waals surface area contributed by atoms with E-state index in [2.05, 4.69) is 10.3 Å². The van der Waals surface area contributed by atoms with Gasteiger partial charge in [-0.25, -0.2) is 4.98 Å². The Morgan fingerprint density at radius 1 is 1.60 bits per heavy atom. The third kappa shape index (κ3) is 3.67. The highest BCUT2D eigenvalue weighted by atomic mass is 16.1. The quantitative estimate of drug-likeness (QED) is 0.769. The van der Waals surface area contributed by atoms with Gasteiger partial charge in [0.05, 0.1) is 0 Å². The van der Waals surface area contributed by atoms with Crippen molar-refractivity contribution in [3.05, 3.63) is 29.6 Å². The fourth-order valence-electron chi connectivity index (χ4n) is 1.13. The molecule has 1 atom stereocenters. The number of rotatable bonds is 4.